The van der Waals surface area contributed by atoms with Crippen LogP contribution in [0.4, 0.5) is 0 Å². The molecular weight excluding hydrogens is 306 g/mol. The number of hydrogen-bond acceptors (Lipinski definition) is 3. The summed E-state index contributed by atoms with van der Waals surface area (Å²) in [4.78, 5) is 23.1. The molecule has 6 heteroatoms. The van der Waals surface area contributed by atoms with Crippen molar-refractivity contribution in [2.24, 2.45) is 11.8 Å². The van der Waals surface area contributed by atoms with Crippen LogP contribution in [0.3, 0.4) is 0 Å². The van der Waals surface area contributed by atoms with E-state index >= 15 is 0 Å². The largest absolute Gasteiger partial charge is 0.493 e. The SMILES string of the molecule is CCOc1cc(Cl)ccc1CNC(=O)[C@@H]1CC[C@H](C(=O)O)C1. The minimum atomic E-state index is -0.813. The molecule has 0 aromatic heterocycles. The molecule has 1 saturated carbocycles. The maximum absolute atomic E-state index is 12.2. The van der Waals surface area contributed by atoms with E-state index in [1.54, 1.807) is 12.1 Å². The Hall–Kier alpha value is -1.75. The van der Waals surface area contributed by atoms with Crippen LogP contribution in [0.1, 0.15) is 31.7 Å². The van der Waals surface area contributed by atoms with Crippen molar-refractivity contribution in [3.8, 4) is 5.75 Å². The molecular formula is C16H20ClNO4. The van der Waals surface area contributed by atoms with E-state index in [9.17, 15) is 9.59 Å². The molecule has 0 heterocycles. The van der Waals surface area contributed by atoms with Crippen LogP contribution >= 0.6 is 11.6 Å². The molecule has 1 aliphatic rings. The first-order valence-electron chi connectivity index (χ1n) is 7.43. The molecule has 0 saturated heterocycles. The molecule has 1 aromatic carbocycles. The predicted molar refractivity (Wildman–Crippen MR) is 82.9 cm³/mol. The van der Waals surface area contributed by atoms with E-state index in [-0.39, 0.29) is 11.8 Å². The zero-order valence-corrected chi connectivity index (χ0v) is 13.2. The number of nitrogens with one attached hydrogen (secondary N) is 1. The van der Waals surface area contributed by atoms with Gasteiger partial charge in [-0.05, 0) is 38.3 Å². The number of rotatable bonds is 6. The van der Waals surface area contributed by atoms with Gasteiger partial charge in [0.1, 0.15) is 5.75 Å². The maximum atomic E-state index is 12.2. The van der Waals surface area contributed by atoms with Crippen molar-refractivity contribution in [2.75, 3.05) is 6.61 Å². The van der Waals surface area contributed by atoms with Gasteiger partial charge in [0.05, 0.1) is 12.5 Å². The molecule has 2 N–H and O–H groups in total. The lowest BCUT2D eigenvalue weighted by Gasteiger charge is -2.14. The van der Waals surface area contributed by atoms with Gasteiger partial charge in [0.25, 0.3) is 0 Å². The third-order valence-corrected chi connectivity index (χ3v) is 4.17. The van der Waals surface area contributed by atoms with Crippen molar-refractivity contribution >= 4 is 23.5 Å². The molecule has 0 unspecified atom stereocenters. The average Bonchev–Trinajstić information content (AvgIpc) is 2.96. The Balaban J connectivity index is 1.93. The molecule has 0 spiro atoms. The molecule has 120 valence electrons. The Labute approximate surface area is 134 Å². The molecule has 0 aliphatic heterocycles. The number of carbonyl (C=O) groups excluding carboxylic acids is 1. The number of halogens is 1. The minimum absolute atomic E-state index is 0.0962. The van der Waals surface area contributed by atoms with Crippen LogP contribution in [0.15, 0.2) is 18.2 Å². The number of hydrogen-bond donors (Lipinski definition) is 2. The molecule has 1 aromatic rings. The Morgan fingerprint density at radius 1 is 1.36 bits per heavy atom. The van der Waals surface area contributed by atoms with Gasteiger partial charge in [0.15, 0.2) is 0 Å². The summed E-state index contributed by atoms with van der Waals surface area (Å²) in [7, 11) is 0. The summed E-state index contributed by atoms with van der Waals surface area (Å²) in [6, 6.07) is 5.30. The highest BCUT2D eigenvalue weighted by Crippen LogP contribution is 2.31. The summed E-state index contributed by atoms with van der Waals surface area (Å²) in [5.74, 6) is -0.868. The summed E-state index contributed by atoms with van der Waals surface area (Å²) in [5.41, 5.74) is 0.854. The van der Waals surface area contributed by atoms with Crippen LogP contribution in [-0.2, 0) is 16.1 Å². The van der Waals surface area contributed by atoms with Gasteiger partial charge in [0, 0.05) is 23.0 Å². The van der Waals surface area contributed by atoms with Crippen LogP contribution in [0, 0.1) is 11.8 Å². The molecule has 0 radical (unpaired) electrons. The normalized spacial score (nSPS) is 20.6. The Kier molecular flexibility index (Phi) is 5.66. The second-order valence-electron chi connectivity index (χ2n) is 5.45. The summed E-state index contributed by atoms with van der Waals surface area (Å²) in [5, 5.41) is 12.4. The smallest absolute Gasteiger partial charge is 0.306 e. The number of carboxylic acid groups (broad SMARTS) is 1. The van der Waals surface area contributed by atoms with E-state index in [1.165, 1.54) is 0 Å². The Morgan fingerprint density at radius 2 is 2.09 bits per heavy atom. The van der Waals surface area contributed by atoms with Crippen molar-refractivity contribution in [3.63, 3.8) is 0 Å². The maximum Gasteiger partial charge on any atom is 0.306 e. The molecule has 1 fully saturated rings. The molecule has 22 heavy (non-hydrogen) atoms. The molecule has 0 bridgehead atoms. The van der Waals surface area contributed by atoms with Crippen LogP contribution < -0.4 is 10.1 Å². The standard InChI is InChI=1S/C16H20ClNO4/c1-2-22-14-8-13(17)6-5-12(14)9-18-15(19)10-3-4-11(7-10)16(20)21/h5-6,8,10-11H,2-4,7,9H2,1H3,(H,18,19)(H,20,21)/t10-,11+/m1/s1. The van der Waals surface area contributed by atoms with E-state index in [2.05, 4.69) is 5.32 Å². The summed E-state index contributed by atoms with van der Waals surface area (Å²) in [6.07, 6.45) is 1.61. The molecule has 1 aliphatic carbocycles. The zero-order valence-electron chi connectivity index (χ0n) is 12.5. The van der Waals surface area contributed by atoms with Gasteiger partial charge in [-0.25, -0.2) is 0 Å². The van der Waals surface area contributed by atoms with E-state index in [0.717, 1.165) is 5.56 Å². The lowest BCUT2D eigenvalue weighted by Crippen LogP contribution is -2.29. The number of amides is 1. The van der Waals surface area contributed by atoms with E-state index in [0.29, 0.717) is 43.2 Å². The summed E-state index contributed by atoms with van der Waals surface area (Å²) >= 11 is 5.94. The summed E-state index contributed by atoms with van der Waals surface area (Å²) < 4.78 is 5.51. The first-order valence-corrected chi connectivity index (χ1v) is 7.80. The lowest BCUT2D eigenvalue weighted by molar-refractivity contribution is -0.141. The van der Waals surface area contributed by atoms with E-state index in [4.69, 9.17) is 21.4 Å². The van der Waals surface area contributed by atoms with Crippen molar-refractivity contribution in [1.29, 1.82) is 0 Å². The number of carboxylic acids is 1. The Bertz CT molecular complexity index is 561. The number of carbonyl (C=O) groups is 2. The summed E-state index contributed by atoms with van der Waals surface area (Å²) in [6.45, 7) is 2.75. The van der Waals surface area contributed by atoms with Gasteiger partial charge in [-0.1, -0.05) is 17.7 Å². The molecule has 2 atom stereocenters. The number of ether oxygens (including phenoxy) is 1. The zero-order chi connectivity index (χ0) is 16.1. The fourth-order valence-corrected chi connectivity index (χ4v) is 2.90. The van der Waals surface area contributed by atoms with Crippen molar-refractivity contribution in [2.45, 2.75) is 32.7 Å². The van der Waals surface area contributed by atoms with Crippen LogP contribution in [-0.4, -0.2) is 23.6 Å². The highest BCUT2D eigenvalue weighted by Gasteiger charge is 2.33. The van der Waals surface area contributed by atoms with Crippen molar-refractivity contribution in [1.82, 2.24) is 5.32 Å². The van der Waals surface area contributed by atoms with Crippen LogP contribution in [0.5, 0.6) is 5.75 Å². The van der Waals surface area contributed by atoms with Crippen LogP contribution in [0.2, 0.25) is 5.02 Å². The quantitative estimate of drug-likeness (QED) is 0.843. The first-order chi connectivity index (χ1) is 10.5. The van der Waals surface area contributed by atoms with Gasteiger partial charge in [-0.15, -0.1) is 0 Å². The topological polar surface area (TPSA) is 75.6 Å². The molecule has 2 rings (SSSR count). The first kappa shape index (κ1) is 16.6. The molecule has 5 nitrogen and oxygen atoms in total. The second-order valence-corrected chi connectivity index (χ2v) is 5.88. The average molecular weight is 326 g/mol. The third-order valence-electron chi connectivity index (χ3n) is 3.93. The Morgan fingerprint density at radius 3 is 2.73 bits per heavy atom. The molecule has 1 amide bonds. The lowest BCUT2D eigenvalue weighted by atomic mass is 10.0. The van der Waals surface area contributed by atoms with Crippen molar-refractivity contribution in [3.05, 3.63) is 28.8 Å². The fraction of sp³-hybridized carbons (Fsp3) is 0.500. The fourth-order valence-electron chi connectivity index (χ4n) is 2.73. The van der Waals surface area contributed by atoms with Gasteiger partial charge in [-0.3, -0.25) is 9.59 Å². The monoisotopic (exact) mass is 325 g/mol. The third kappa shape index (κ3) is 4.13. The van der Waals surface area contributed by atoms with Gasteiger partial charge in [-0.2, -0.15) is 0 Å². The minimum Gasteiger partial charge on any atom is -0.493 e. The van der Waals surface area contributed by atoms with E-state index in [1.807, 2.05) is 13.0 Å². The van der Waals surface area contributed by atoms with Gasteiger partial charge in [0.2, 0.25) is 5.91 Å². The highest BCUT2D eigenvalue weighted by atomic mass is 35.5. The number of benzene rings is 1. The van der Waals surface area contributed by atoms with Gasteiger partial charge < -0.3 is 15.2 Å². The van der Waals surface area contributed by atoms with E-state index < -0.39 is 11.9 Å². The predicted octanol–water partition coefficient (Wildman–Crippen LogP) is 2.86. The highest BCUT2D eigenvalue weighted by molar-refractivity contribution is 6.30. The van der Waals surface area contributed by atoms with Crippen molar-refractivity contribution < 1.29 is 19.4 Å². The van der Waals surface area contributed by atoms with Gasteiger partial charge >= 0.3 is 5.97 Å². The second kappa shape index (κ2) is 7.49. The number of aliphatic carboxylic acids is 1. The van der Waals surface area contributed by atoms with Crippen LogP contribution in [0.25, 0.3) is 0 Å².